The Hall–Kier alpha value is -2.31. The van der Waals surface area contributed by atoms with Crippen molar-refractivity contribution < 1.29 is 4.79 Å². The maximum atomic E-state index is 12.2. The van der Waals surface area contributed by atoms with Crippen LogP contribution in [0.5, 0.6) is 0 Å². The number of pyridine rings is 1. The van der Waals surface area contributed by atoms with Gasteiger partial charge in [0.05, 0.1) is 16.8 Å². The van der Waals surface area contributed by atoms with Crippen molar-refractivity contribution in [1.29, 1.82) is 0 Å². The third kappa shape index (κ3) is 3.55. The highest BCUT2D eigenvalue weighted by molar-refractivity contribution is 9.10. The number of nitrogens with one attached hydrogen (secondary N) is 2. The average Bonchev–Trinajstić information content (AvgIpc) is 2.55. The summed E-state index contributed by atoms with van der Waals surface area (Å²) in [5.74, 6) is -0.275. The van der Waals surface area contributed by atoms with Crippen LogP contribution in [0.4, 0.5) is 5.69 Å². The third-order valence-corrected chi connectivity index (χ3v) is 4.12. The van der Waals surface area contributed by atoms with Crippen LogP contribution in [0.1, 0.15) is 10.4 Å². The number of anilines is 1. The zero-order chi connectivity index (χ0) is 16.2. The Kier molecular flexibility index (Phi) is 4.64. The summed E-state index contributed by atoms with van der Waals surface area (Å²) in [6, 6.07) is 16.8. The Morgan fingerprint density at radius 2 is 1.83 bits per heavy atom. The van der Waals surface area contributed by atoms with E-state index < -0.39 is 0 Å². The number of hydrogen-bond acceptors (Lipinski definition) is 3. The maximum Gasteiger partial charge on any atom is 0.258 e. The van der Waals surface area contributed by atoms with Crippen molar-refractivity contribution >= 4 is 55.8 Å². The van der Waals surface area contributed by atoms with E-state index in [2.05, 4.69) is 31.5 Å². The van der Waals surface area contributed by atoms with Gasteiger partial charge in [-0.2, -0.15) is 0 Å². The van der Waals surface area contributed by atoms with Gasteiger partial charge in [-0.1, -0.05) is 30.3 Å². The SMILES string of the molecule is O=C(NC(=S)Nc1cccc2cccnc12)c1ccccc1Br. The number of benzene rings is 2. The molecule has 1 aromatic heterocycles. The molecule has 1 heterocycles. The summed E-state index contributed by atoms with van der Waals surface area (Å²) in [6.07, 6.45) is 1.72. The minimum Gasteiger partial charge on any atom is -0.331 e. The lowest BCUT2D eigenvalue weighted by Crippen LogP contribution is -2.34. The van der Waals surface area contributed by atoms with E-state index in [-0.39, 0.29) is 11.0 Å². The van der Waals surface area contributed by atoms with Crippen molar-refractivity contribution in [2.75, 3.05) is 5.32 Å². The number of halogens is 1. The molecular weight excluding hydrogens is 374 g/mol. The zero-order valence-electron chi connectivity index (χ0n) is 11.9. The molecule has 3 rings (SSSR count). The van der Waals surface area contributed by atoms with E-state index >= 15 is 0 Å². The second-order valence-electron chi connectivity index (χ2n) is 4.77. The Bertz CT molecular complexity index is 892. The first kappa shape index (κ1) is 15.6. The smallest absolute Gasteiger partial charge is 0.258 e. The Labute approximate surface area is 147 Å². The molecule has 3 aromatic rings. The number of nitrogens with zero attached hydrogens (tertiary/aromatic N) is 1. The summed E-state index contributed by atoms with van der Waals surface area (Å²) in [5.41, 5.74) is 2.07. The topological polar surface area (TPSA) is 54.0 Å². The van der Waals surface area contributed by atoms with Crippen LogP contribution in [0, 0.1) is 0 Å². The van der Waals surface area contributed by atoms with Gasteiger partial charge in [0.15, 0.2) is 5.11 Å². The summed E-state index contributed by atoms with van der Waals surface area (Å²) >= 11 is 8.58. The van der Waals surface area contributed by atoms with Crippen LogP contribution in [0.25, 0.3) is 10.9 Å². The Morgan fingerprint density at radius 3 is 2.65 bits per heavy atom. The summed E-state index contributed by atoms with van der Waals surface area (Å²) in [6.45, 7) is 0. The molecule has 6 heteroatoms. The minimum atomic E-state index is -0.275. The number of para-hydroxylation sites is 1. The molecular formula is C17H12BrN3OS. The van der Waals surface area contributed by atoms with Gasteiger partial charge in [-0.05, 0) is 52.4 Å². The van der Waals surface area contributed by atoms with Crippen molar-refractivity contribution in [1.82, 2.24) is 10.3 Å². The molecule has 4 nitrogen and oxygen atoms in total. The fourth-order valence-corrected chi connectivity index (χ4v) is 2.84. The van der Waals surface area contributed by atoms with Crippen LogP contribution in [-0.2, 0) is 0 Å². The molecule has 0 spiro atoms. The fourth-order valence-electron chi connectivity index (χ4n) is 2.17. The molecule has 0 fully saturated rings. The second-order valence-corrected chi connectivity index (χ2v) is 6.03. The highest BCUT2D eigenvalue weighted by Gasteiger charge is 2.11. The van der Waals surface area contributed by atoms with Crippen molar-refractivity contribution in [3.8, 4) is 0 Å². The standard InChI is InChI=1S/C17H12BrN3OS/c18-13-8-2-1-7-12(13)16(22)21-17(23)20-14-9-3-5-11-6-4-10-19-15(11)14/h1-10H,(H2,20,21,22,23). The van der Waals surface area contributed by atoms with E-state index in [9.17, 15) is 4.79 Å². The normalized spacial score (nSPS) is 10.3. The molecule has 2 N–H and O–H groups in total. The molecule has 0 saturated carbocycles. The number of amides is 1. The molecule has 23 heavy (non-hydrogen) atoms. The molecule has 0 aliphatic rings. The van der Waals surface area contributed by atoms with E-state index in [0.717, 1.165) is 16.6 Å². The van der Waals surface area contributed by atoms with Crippen LogP contribution in [0.2, 0.25) is 0 Å². The second kappa shape index (κ2) is 6.85. The molecule has 0 aliphatic carbocycles. The van der Waals surface area contributed by atoms with Crippen LogP contribution < -0.4 is 10.6 Å². The van der Waals surface area contributed by atoms with E-state index in [1.165, 1.54) is 0 Å². The summed E-state index contributed by atoms with van der Waals surface area (Å²) in [5, 5.41) is 6.92. The van der Waals surface area contributed by atoms with Crippen molar-refractivity contribution in [3.05, 3.63) is 70.8 Å². The average molecular weight is 386 g/mol. The first-order valence-corrected chi connectivity index (χ1v) is 8.06. The highest BCUT2D eigenvalue weighted by atomic mass is 79.9. The van der Waals surface area contributed by atoms with Crippen molar-refractivity contribution in [2.45, 2.75) is 0 Å². The Morgan fingerprint density at radius 1 is 1.04 bits per heavy atom. The predicted octanol–water partition coefficient (Wildman–Crippen LogP) is 4.12. The first-order valence-electron chi connectivity index (χ1n) is 6.86. The molecule has 0 aliphatic heterocycles. The number of carbonyl (C=O) groups excluding carboxylic acids is 1. The molecule has 2 aromatic carbocycles. The van der Waals surface area contributed by atoms with Gasteiger partial charge in [0.25, 0.3) is 5.91 Å². The molecule has 114 valence electrons. The van der Waals surface area contributed by atoms with Gasteiger partial charge in [-0.3, -0.25) is 15.1 Å². The van der Waals surface area contributed by atoms with Gasteiger partial charge in [-0.15, -0.1) is 0 Å². The van der Waals surface area contributed by atoms with E-state index in [1.54, 1.807) is 24.4 Å². The van der Waals surface area contributed by atoms with Gasteiger partial charge < -0.3 is 5.32 Å². The van der Waals surface area contributed by atoms with Crippen molar-refractivity contribution in [2.24, 2.45) is 0 Å². The number of thiocarbonyl (C=S) groups is 1. The minimum absolute atomic E-state index is 0.226. The predicted molar refractivity (Wildman–Crippen MR) is 99.6 cm³/mol. The summed E-state index contributed by atoms with van der Waals surface area (Å²) in [4.78, 5) is 16.6. The van der Waals surface area contributed by atoms with E-state index in [4.69, 9.17) is 12.2 Å². The van der Waals surface area contributed by atoms with Crippen molar-refractivity contribution in [3.63, 3.8) is 0 Å². The van der Waals surface area contributed by atoms with Gasteiger partial charge in [0, 0.05) is 16.1 Å². The van der Waals surface area contributed by atoms with Crippen LogP contribution in [0.3, 0.4) is 0 Å². The number of fused-ring (bicyclic) bond motifs is 1. The number of aromatic nitrogens is 1. The van der Waals surface area contributed by atoms with E-state index in [0.29, 0.717) is 10.0 Å². The third-order valence-electron chi connectivity index (χ3n) is 3.23. The number of rotatable bonds is 2. The number of hydrogen-bond donors (Lipinski definition) is 2. The van der Waals surface area contributed by atoms with Gasteiger partial charge in [0.1, 0.15) is 0 Å². The lowest BCUT2D eigenvalue weighted by atomic mass is 10.2. The molecule has 0 saturated heterocycles. The summed E-state index contributed by atoms with van der Waals surface area (Å²) in [7, 11) is 0. The molecule has 0 atom stereocenters. The molecule has 0 bridgehead atoms. The maximum absolute atomic E-state index is 12.2. The van der Waals surface area contributed by atoms with Gasteiger partial charge >= 0.3 is 0 Å². The lowest BCUT2D eigenvalue weighted by molar-refractivity contribution is 0.0977. The van der Waals surface area contributed by atoms with E-state index in [1.807, 2.05) is 36.4 Å². The zero-order valence-corrected chi connectivity index (χ0v) is 14.3. The molecule has 0 unspecified atom stereocenters. The first-order chi connectivity index (χ1) is 11.1. The monoisotopic (exact) mass is 385 g/mol. The van der Waals surface area contributed by atoms with Gasteiger partial charge in [-0.25, -0.2) is 0 Å². The fraction of sp³-hybridized carbons (Fsp3) is 0. The molecule has 0 radical (unpaired) electrons. The molecule has 1 amide bonds. The van der Waals surface area contributed by atoms with Gasteiger partial charge in [0.2, 0.25) is 0 Å². The quantitative estimate of drug-likeness (QED) is 0.651. The van der Waals surface area contributed by atoms with Crippen LogP contribution in [0.15, 0.2) is 65.3 Å². The van der Waals surface area contributed by atoms with Crippen LogP contribution >= 0.6 is 28.1 Å². The van der Waals surface area contributed by atoms with Crippen LogP contribution in [-0.4, -0.2) is 16.0 Å². The Balaban J connectivity index is 1.77. The summed E-state index contributed by atoms with van der Waals surface area (Å²) < 4.78 is 0.715. The largest absolute Gasteiger partial charge is 0.331 e. The lowest BCUT2D eigenvalue weighted by Gasteiger charge is -2.11. The highest BCUT2D eigenvalue weighted by Crippen LogP contribution is 2.20. The number of carbonyl (C=O) groups is 1.